The van der Waals surface area contributed by atoms with Gasteiger partial charge in [-0.3, -0.25) is 9.48 Å². The minimum Gasteiger partial charge on any atom is -0.383 e. The molecule has 0 aromatic carbocycles. The zero-order chi connectivity index (χ0) is 20.5. The molecular formula is C19H27N9O. The van der Waals surface area contributed by atoms with Gasteiger partial charge in [0.05, 0.1) is 18.1 Å². The Morgan fingerprint density at radius 2 is 2.03 bits per heavy atom. The molecule has 3 aromatic heterocycles. The van der Waals surface area contributed by atoms with Gasteiger partial charge in [-0.15, -0.1) is 0 Å². The van der Waals surface area contributed by atoms with Crippen LogP contribution < -0.4 is 5.73 Å². The second-order valence-corrected chi connectivity index (χ2v) is 7.95. The molecule has 1 fully saturated rings. The Morgan fingerprint density at radius 3 is 2.69 bits per heavy atom. The van der Waals surface area contributed by atoms with E-state index in [1.54, 1.807) is 10.9 Å². The van der Waals surface area contributed by atoms with Crippen LogP contribution in [0.3, 0.4) is 0 Å². The molecule has 1 aliphatic rings. The second kappa shape index (κ2) is 7.78. The number of amides is 1. The van der Waals surface area contributed by atoms with Gasteiger partial charge < -0.3 is 15.5 Å². The van der Waals surface area contributed by atoms with Crippen molar-refractivity contribution in [1.82, 2.24) is 39.3 Å². The molecular weight excluding hydrogens is 370 g/mol. The van der Waals surface area contributed by atoms with E-state index in [1.165, 1.54) is 6.33 Å². The summed E-state index contributed by atoms with van der Waals surface area (Å²) in [7, 11) is 5.70. The number of fused-ring (bicyclic) bond motifs is 1. The van der Waals surface area contributed by atoms with Gasteiger partial charge in [0.2, 0.25) is 5.91 Å². The smallest absolute Gasteiger partial charge is 0.236 e. The first kappa shape index (κ1) is 19.3. The lowest BCUT2D eigenvalue weighted by atomic mass is 9.97. The molecule has 0 bridgehead atoms. The Balaban J connectivity index is 1.54. The molecule has 1 aliphatic heterocycles. The Kier molecular flexibility index (Phi) is 5.18. The zero-order valence-electron chi connectivity index (χ0n) is 17.1. The number of aromatic nitrogens is 6. The zero-order valence-corrected chi connectivity index (χ0v) is 17.1. The number of carbonyl (C=O) groups excluding carboxylic acids is 1. The van der Waals surface area contributed by atoms with E-state index in [4.69, 9.17) is 10.8 Å². The van der Waals surface area contributed by atoms with E-state index in [1.807, 2.05) is 41.8 Å². The topological polar surface area (TPSA) is 111 Å². The summed E-state index contributed by atoms with van der Waals surface area (Å²) in [5.74, 6) is 1.04. The fourth-order valence-corrected chi connectivity index (χ4v) is 3.88. The molecule has 1 amide bonds. The first-order chi connectivity index (χ1) is 13.9. The highest BCUT2D eigenvalue weighted by Gasteiger charge is 2.25. The Labute approximate surface area is 169 Å². The van der Waals surface area contributed by atoms with Crippen LogP contribution in [0, 0.1) is 5.92 Å². The summed E-state index contributed by atoms with van der Waals surface area (Å²) in [4.78, 5) is 24.7. The van der Waals surface area contributed by atoms with Gasteiger partial charge in [-0.05, 0) is 32.9 Å². The lowest BCUT2D eigenvalue weighted by Crippen LogP contribution is -2.43. The largest absolute Gasteiger partial charge is 0.383 e. The van der Waals surface area contributed by atoms with Crippen molar-refractivity contribution in [2.75, 3.05) is 39.5 Å². The fourth-order valence-electron chi connectivity index (χ4n) is 3.88. The van der Waals surface area contributed by atoms with Crippen LogP contribution in [0.1, 0.15) is 12.8 Å². The number of nitrogens with zero attached hydrogens (tertiary/aromatic N) is 8. The van der Waals surface area contributed by atoms with Crippen LogP contribution in [0.25, 0.3) is 22.3 Å². The lowest BCUT2D eigenvalue weighted by Gasteiger charge is -2.32. The van der Waals surface area contributed by atoms with Crippen molar-refractivity contribution in [1.29, 1.82) is 0 Å². The highest BCUT2D eigenvalue weighted by Crippen LogP contribution is 2.31. The van der Waals surface area contributed by atoms with Crippen molar-refractivity contribution < 1.29 is 4.79 Å². The number of piperidine rings is 1. The van der Waals surface area contributed by atoms with E-state index in [-0.39, 0.29) is 5.91 Å². The van der Waals surface area contributed by atoms with Crippen LogP contribution in [0.15, 0.2) is 18.7 Å². The number of nitrogens with two attached hydrogens (primary N) is 1. The van der Waals surface area contributed by atoms with Crippen LogP contribution in [0.4, 0.5) is 5.82 Å². The minimum atomic E-state index is 0.192. The van der Waals surface area contributed by atoms with E-state index in [0.29, 0.717) is 18.3 Å². The van der Waals surface area contributed by atoms with Crippen LogP contribution in [-0.2, 0) is 18.4 Å². The summed E-state index contributed by atoms with van der Waals surface area (Å²) in [6.45, 7) is 2.76. The standard InChI is InChI=1S/C19H27N9O/c1-25(2)11-15(29)27-6-4-13(5-7-27)9-28-19-16(18(20)21-12-22-19)17(24-28)14-8-23-26(3)10-14/h8,10,12-13H,4-7,9,11H2,1-3H3,(H2,20,21,22). The predicted octanol–water partition coefficient (Wildman–Crippen LogP) is 0.609. The number of nitrogen functional groups attached to an aromatic ring is 1. The van der Waals surface area contributed by atoms with E-state index >= 15 is 0 Å². The Hall–Kier alpha value is -3.01. The first-order valence-electron chi connectivity index (χ1n) is 9.81. The quantitative estimate of drug-likeness (QED) is 0.671. The highest BCUT2D eigenvalue weighted by atomic mass is 16.2. The molecule has 0 spiro atoms. The number of aryl methyl sites for hydroxylation is 1. The summed E-state index contributed by atoms with van der Waals surface area (Å²) in [6, 6.07) is 0. The van der Waals surface area contributed by atoms with Crippen molar-refractivity contribution >= 4 is 22.8 Å². The molecule has 10 heteroatoms. The molecule has 1 saturated heterocycles. The first-order valence-corrected chi connectivity index (χ1v) is 9.81. The number of hydrogen-bond donors (Lipinski definition) is 1. The summed E-state index contributed by atoms with van der Waals surface area (Å²) >= 11 is 0. The van der Waals surface area contributed by atoms with E-state index in [0.717, 1.165) is 54.8 Å². The molecule has 4 rings (SSSR count). The molecule has 0 unspecified atom stereocenters. The van der Waals surface area contributed by atoms with Crippen LogP contribution in [0.2, 0.25) is 0 Å². The third kappa shape index (κ3) is 3.93. The average molecular weight is 397 g/mol. The summed E-state index contributed by atoms with van der Waals surface area (Å²) in [5.41, 5.74) is 8.54. The number of rotatable bonds is 5. The van der Waals surface area contributed by atoms with Crippen LogP contribution in [0.5, 0.6) is 0 Å². The molecule has 0 aliphatic carbocycles. The maximum absolute atomic E-state index is 12.3. The molecule has 154 valence electrons. The second-order valence-electron chi connectivity index (χ2n) is 7.95. The summed E-state index contributed by atoms with van der Waals surface area (Å²) < 4.78 is 3.66. The number of anilines is 1. The average Bonchev–Trinajstić information content (AvgIpc) is 3.26. The molecule has 0 radical (unpaired) electrons. The van der Waals surface area contributed by atoms with Gasteiger partial charge in [0.25, 0.3) is 0 Å². The predicted molar refractivity (Wildman–Crippen MR) is 110 cm³/mol. The SMILES string of the molecule is CN(C)CC(=O)N1CCC(Cn2nc(-c3cnn(C)c3)c3c(N)ncnc32)CC1. The molecule has 2 N–H and O–H groups in total. The van der Waals surface area contributed by atoms with Gasteiger partial charge in [0, 0.05) is 38.4 Å². The van der Waals surface area contributed by atoms with Crippen molar-refractivity contribution in [3.05, 3.63) is 18.7 Å². The highest BCUT2D eigenvalue weighted by molar-refractivity contribution is 5.97. The number of carbonyl (C=O) groups is 1. The van der Waals surface area contributed by atoms with Crippen molar-refractivity contribution in [2.24, 2.45) is 13.0 Å². The van der Waals surface area contributed by atoms with E-state index in [9.17, 15) is 4.79 Å². The van der Waals surface area contributed by atoms with E-state index in [2.05, 4.69) is 15.1 Å². The molecule has 4 heterocycles. The number of hydrogen-bond acceptors (Lipinski definition) is 7. The van der Waals surface area contributed by atoms with Crippen LogP contribution in [-0.4, -0.2) is 79.0 Å². The monoisotopic (exact) mass is 397 g/mol. The molecule has 3 aromatic rings. The third-order valence-corrected chi connectivity index (χ3v) is 5.39. The number of likely N-dealkylation sites (tertiary alicyclic amines) is 1. The lowest BCUT2D eigenvalue weighted by molar-refractivity contribution is -0.133. The van der Waals surface area contributed by atoms with Gasteiger partial charge in [0.15, 0.2) is 5.65 Å². The van der Waals surface area contributed by atoms with Gasteiger partial charge >= 0.3 is 0 Å². The normalized spacial score (nSPS) is 15.5. The molecule has 0 saturated carbocycles. The Morgan fingerprint density at radius 1 is 1.28 bits per heavy atom. The van der Waals surface area contributed by atoms with Gasteiger partial charge in [-0.25, -0.2) is 14.6 Å². The van der Waals surface area contributed by atoms with Crippen molar-refractivity contribution in [3.63, 3.8) is 0 Å². The van der Waals surface area contributed by atoms with E-state index < -0.39 is 0 Å². The maximum atomic E-state index is 12.3. The van der Waals surface area contributed by atoms with Gasteiger partial charge in [-0.2, -0.15) is 10.2 Å². The molecule has 10 nitrogen and oxygen atoms in total. The minimum absolute atomic E-state index is 0.192. The third-order valence-electron chi connectivity index (χ3n) is 5.39. The van der Waals surface area contributed by atoms with Crippen LogP contribution >= 0.6 is 0 Å². The fraction of sp³-hybridized carbons (Fsp3) is 0.526. The van der Waals surface area contributed by atoms with Gasteiger partial charge in [0.1, 0.15) is 17.8 Å². The maximum Gasteiger partial charge on any atom is 0.236 e. The van der Waals surface area contributed by atoms with Crippen molar-refractivity contribution in [3.8, 4) is 11.3 Å². The van der Waals surface area contributed by atoms with Crippen molar-refractivity contribution in [2.45, 2.75) is 19.4 Å². The molecule has 29 heavy (non-hydrogen) atoms. The summed E-state index contributed by atoms with van der Waals surface area (Å²) in [6.07, 6.45) is 7.05. The molecule has 0 atom stereocenters. The summed E-state index contributed by atoms with van der Waals surface area (Å²) in [5, 5.41) is 9.82. The van der Waals surface area contributed by atoms with Gasteiger partial charge in [-0.1, -0.05) is 0 Å². The number of likely N-dealkylation sites (N-methyl/N-ethyl adjacent to an activating group) is 1. The Bertz CT molecular complexity index is 1010.